The number of nitrogens with zero attached hydrogens (tertiary/aromatic N) is 2. The minimum atomic E-state index is -3.71. The number of carbonyl (C=O) groups excluding carboxylic acids is 1. The van der Waals surface area contributed by atoms with Crippen LogP contribution in [0.1, 0.15) is 42.1 Å². The van der Waals surface area contributed by atoms with Gasteiger partial charge < -0.3 is 4.90 Å². The maximum atomic E-state index is 13.0. The van der Waals surface area contributed by atoms with Gasteiger partial charge in [-0.3, -0.25) is 4.79 Å². The Hall–Kier alpha value is -1.89. The number of hydrogen-bond donors (Lipinski definition) is 0. The van der Waals surface area contributed by atoms with Crippen LogP contribution in [0.15, 0.2) is 53.4 Å². The molecule has 0 saturated carbocycles. The van der Waals surface area contributed by atoms with Gasteiger partial charge in [0.2, 0.25) is 10.0 Å². The van der Waals surface area contributed by atoms with Gasteiger partial charge in [0, 0.05) is 31.7 Å². The van der Waals surface area contributed by atoms with E-state index >= 15 is 0 Å². The molecule has 0 spiro atoms. The monoisotopic (exact) mass is 420 g/mol. The maximum absolute atomic E-state index is 13.0. The van der Waals surface area contributed by atoms with E-state index in [1.165, 1.54) is 16.4 Å². The van der Waals surface area contributed by atoms with Crippen LogP contribution in [-0.2, 0) is 16.6 Å². The predicted molar refractivity (Wildman–Crippen MR) is 111 cm³/mol. The molecule has 7 heteroatoms. The highest BCUT2D eigenvalue weighted by Crippen LogP contribution is 2.28. The van der Waals surface area contributed by atoms with E-state index in [0.717, 1.165) is 24.8 Å². The van der Waals surface area contributed by atoms with Crippen molar-refractivity contribution in [1.82, 2.24) is 9.21 Å². The summed E-state index contributed by atoms with van der Waals surface area (Å²) in [6, 6.07) is 14.2. The van der Waals surface area contributed by atoms with Crippen LogP contribution in [0.2, 0.25) is 5.02 Å². The molecule has 3 rings (SSSR count). The standard InChI is InChI=1S/C21H25ClN2O3S/c1-2-23(16-17-9-5-3-6-10-17)21(25)18-11-12-19(22)20(15-18)28(26,27)24-13-7-4-8-14-24/h3,5-6,9-12,15H,2,4,7-8,13-14,16H2,1H3. The molecule has 0 aromatic heterocycles. The van der Waals surface area contributed by atoms with Gasteiger partial charge in [0.15, 0.2) is 0 Å². The zero-order chi connectivity index (χ0) is 20.1. The van der Waals surface area contributed by atoms with Gasteiger partial charge in [0.25, 0.3) is 5.91 Å². The first-order chi connectivity index (χ1) is 13.4. The second kappa shape index (κ2) is 9.07. The lowest BCUT2D eigenvalue weighted by atomic mass is 10.1. The molecule has 0 aliphatic carbocycles. The number of hydrogen-bond acceptors (Lipinski definition) is 3. The molecule has 28 heavy (non-hydrogen) atoms. The van der Waals surface area contributed by atoms with Gasteiger partial charge in [-0.15, -0.1) is 0 Å². The number of halogens is 1. The van der Waals surface area contributed by atoms with Crippen molar-refractivity contribution in [2.75, 3.05) is 19.6 Å². The lowest BCUT2D eigenvalue weighted by molar-refractivity contribution is 0.0752. The van der Waals surface area contributed by atoms with E-state index in [1.54, 1.807) is 11.0 Å². The Labute approximate surface area is 172 Å². The van der Waals surface area contributed by atoms with Crippen LogP contribution in [0, 0.1) is 0 Å². The summed E-state index contributed by atoms with van der Waals surface area (Å²) in [6.45, 7) is 3.87. The number of amides is 1. The van der Waals surface area contributed by atoms with E-state index in [9.17, 15) is 13.2 Å². The lowest BCUT2D eigenvalue weighted by Crippen LogP contribution is -2.36. The smallest absolute Gasteiger partial charge is 0.254 e. The molecule has 2 aromatic carbocycles. The Balaban J connectivity index is 1.88. The normalized spacial score (nSPS) is 15.4. The first-order valence-electron chi connectivity index (χ1n) is 9.56. The Morgan fingerprint density at radius 2 is 1.75 bits per heavy atom. The summed E-state index contributed by atoms with van der Waals surface area (Å²) in [7, 11) is -3.71. The summed E-state index contributed by atoms with van der Waals surface area (Å²) >= 11 is 6.22. The summed E-state index contributed by atoms with van der Waals surface area (Å²) in [5.74, 6) is -0.210. The number of benzene rings is 2. The number of sulfonamides is 1. The molecule has 1 aliphatic heterocycles. The highest BCUT2D eigenvalue weighted by molar-refractivity contribution is 7.89. The van der Waals surface area contributed by atoms with Crippen molar-refractivity contribution in [2.45, 2.75) is 37.6 Å². The van der Waals surface area contributed by atoms with E-state index in [-0.39, 0.29) is 15.8 Å². The molecule has 1 saturated heterocycles. The topological polar surface area (TPSA) is 57.7 Å². The fourth-order valence-corrected chi connectivity index (χ4v) is 5.41. The van der Waals surface area contributed by atoms with Crippen LogP contribution >= 0.6 is 11.6 Å². The van der Waals surface area contributed by atoms with E-state index in [0.29, 0.717) is 31.7 Å². The van der Waals surface area contributed by atoms with E-state index in [2.05, 4.69) is 0 Å². The van der Waals surface area contributed by atoms with Crippen molar-refractivity contribution in [3.05, 3.63) is 64.7 Å². The van der Waals surface area contributed by atoms with Gasteiger partial charge in [-0.25, -0.2) is 8.42 Å². The molecule has 0 atom stereocenters. The highest BCUT2D eigenvalue weighted by atomic mass is 35.5. The van der Waals surface area contributed by atoms with Gasteiger partial charge in [-0.05, 0) is 43.5 Å². The lowest BCUT2D eigenvalue weighted by Gasteiger charge is -2.26. The summed E-state index contributed by atoms with van der Waals surface area (Å²) in [6.07, 6.45) is 2.72. The fourth-order valence-electron chi connectivity index (χ4n) is 3.39. The van der Waals surface area contributed by atoms with Crippen molar-refractivity contribution in [1.29, 1.82) is 0 Å². The summed E-state index contributed by atoms with van der Waals surface area (Å²) in [4.78, 5) is 14.7. The van der Waals surface area contributed by atoms with Crippen LogP contribution in [0.3, 0.4) is 0 Å². The van der Waals surface area contributed by atoms with Crippen LogP contribution in [-0.4, -0.2) is 43.2 Å². The molecule has 1 amide bonds. The molecule has 150 valence electrons. The third kappa shape index (κ3) is 4.57. The zero-order valence-corrected chi connectivity index (χ0v) is 17.5. The summed E-state index contributed by atoms with van der Waals surface area (Å²) in [5, 5.41) is 0.147. The third-order valence-electron chi connectivity index (χ3n) is 5.00. The number of rotatable bonds is 6. The Morgan fingerprint density at radius 3 is 2.39 bits per heavy atom. The minimum Gasteiger partial charge on any atom is -0.335 e. The molecule has 1 heterocycles. The number of piperidine rings is 1. The molecule has 0 bridgehead atoms. The van der Waals surface area contributed by atoms with Crippen molar-refractivity contribution in [3.63, 3.8) is 0 Å². The van der Waals surface area contributed by atoms with Gasteiger partial charge >= 0.3 is 0 Å². The molecule has 1 aliphatic rings. The van der Waals surface area contributed by atoms with Crippen LogP contribution in [0.4, 0.5) is 0 Å². The first-order valence-corrected chi connectivity index (χ1v) is 11.4. The van der Waals surface area contributed by atoms with Crippen molar-refractivity contribution >= 4 is 27.5 Å². The van der Waals surface area contributed by atoms with Crippen molar-refractivity contribution in [2.24, 2.45) is 0 Å². The Morgan fingerprint density at radius 1 is 1.07 bits per heavy atom. The molecule has 0 unspecified atom stereocenters. The first kappa shape index (κ1) is 20.8. The average molecular weight is 421 g/mol. The number of carbonyl (C=O) groups is 1. The van der Waals surface area contributed by atoms with Crippen LogP contribution in [0.5, 0.6) is 0 Å². The van der Waals surface area contributed by atoms with Crippen molar-refractivity contribution in [3.8, 4) is 0 Å². The molecule has 1 fully saturated rings. The molecule has 0 radical (unpaired) electrons. The molecule has 0 N–H and O–H groups in total. The van der Waals surface area contributed by atoms with E-state index in [1.807, 2.05) is 37.3 Å². The van der Waals surface area contributed by atoms with Gasteiger partial charge in [0.1, 0.15) is 4.90 Å². The molecule has 2 aromatic rings. The van der Waals surface area contributed by atoms with E-state index < -0.39 is 10.0 Å². The van der Waals surface area contributed by atoms with Gasteiger partial charge in [-0.1, -0.05) is 48.4 Å². The molecular weight excluding hydrogens is 396 g/mol. The largest absolute Gasteiger partial charge is 0.335 e. The summed E-state index contributed by atoms with van der Waals surface area (Å²) in [5.41, 5.74) is 1.35. The third-order valence-corrected chi connectivity index (χ3v) is 7.38. The SMILES string of the molecule is CCN(Cc1ccccc1)C(=O)c1ccc(Cl)c(S(=O)(=O)N2CCCCC2)c1. The fraction of sp³-hybridized carbons (Fsp3) is 0.381. The minimum absolute atomic E-state index is 0.0117. The van der Waals surface area contributed by atoms with E-state index in [4.69, 9.17) is 11.6 Å². The molecule has 5 nitrogen and oxygen atoms in total. The maximum Gasteiger partial charge on any atom is 0.254 e. The Bertz CT molecular complexity index is 926. The zero-order valence-electron chi connectivity index (χ0n) is 16.0. The van der Waals surface area contributed by atoms with Crippen LogP contribution in [0.25, 0.3) is 0 Å². The quantitative estimate of drug-likeness (QED) is 0.704. The van der Waals surface area contributed by atoms with Crippen molar-refractivity contribution < 1.29 is 13.2 Å². The van der Waals surface area contributed by atoms with Gasteiger partial charge in [-0.2, -0.15) is 4.31 Å². The molecular formula is C21H25ClN2O3S. The van der Waals surface area contributed by atoms with Gasteiger partial charge in [0.05, 0.1) is 5.02 Å². The second-order valence-electron chi connectivity index (χ2n) is 6.91. The Kier molecular flexibility index (Phi) is 6.75. The average Bonchev–Trinajstić information content (AvgIpc) is 2.73. The van der Waals surface area contributed by atoms with Crippen LogP contribution < -0.4 is 0 Å². The highest BCUT2D eigenvalue weighted by Gasteiger charge is 2.29. The predicted octanol–water partition coefficient (Wildman–Crippen LogP) is 4.18. The summed E-state index contributed by atoms with van der Waals surface area (Å²) < 4.78 is 27.5. The second-order valence-corrected chi connectivity index (χ2v) is 9.23.